The lowest BCUT2D eigenvalue weighted by molar-refractivity contribution is -0.0719. The smallest absolute Gasteiger partial charge is 0.243 e. The predicted molar refractivity (Wildman–Crippen MR) is 80.6 cm³/mol. The van der Waals surface area contributed by atoms with Gasteiger partial charge < -0.3 is 9.64 Å². The normalized spacial score (nSPS) is 26.5. The van der Waals surface area contributed by atoms with Gasteiger partial charge in [-0.3, -0.25) is 0 Å². The van der Waals surface area contributed by atoms with Crippen molar-refractivity contribution in [1.82, 2.24) is 9.21 Å². The van der Waals surface area contributed by atoms with Gasteiger partial charge in [-0.15, -0.1) is 0 Å². The van der Waals surface area contributed by atoms with Crippen molar-refractivity contribution in [2.24, 2.45) is 0 Å². The molecule has 2 aliphatic rings. The lowest BCUT2D eigenvalue weighted by Crippen LogP contribution is -2.60. The fourth-order valence-corrected chi connectivity index (χ4v) is 4.83. The number of nitrogens with zero attached hydrogens (tertiary/aromatic N) is 3. The maximum atomic E-state index is 13.5. The topological polar surface area (TPSA) is 73.6 Å². The van der Waals surface area contributed by atoms with Crippen molar-refractivity contribution in [1.29, 1.82) is 5.26 Å². The summed E-state index contributed by atoms with van der Waals surface area (Å²) in [6, 6.07) is 4.76. The van der Waals surface area contributed by atoms with Crippen LogP contribution in [0.25, 0.3) is 0 Å². The summed E-state index contributed by atoms with van der Waals surface area (Å²) in [5.41, 5.74) is -0.267. The Kier molecular flexibility index (Phi) is 4.38. The lowest BCUT2D eigenvalue weighted by atomic mass is 10.0. The molecule has 3 rings (SSSR count). The van der Waals surface area contributed by atoms with Crippen LogP contribution >= 0.6 is 0 Å². The quantitative estimate of drug-likeness (QED) is 0.796. The third kappa shape index (κ3) is 2.97. The maximum absolute atomic E-state index is 13.5. The van der Waals surface area contributed by atoms with E-state index < -0.39 is 15.8 Å². The number of halogens is 1. The molecule has 0 aromatic heterocycles. The summed E-state index contributed by atoms with van der Waals surface area (Å²) in [7, 11) is -1.85. The first-order valence-electron chi connectivity index (χ1n) is 7.45. The van der Waals surface area contributed by atoms with Crippen LogP contribution in [0.4, 0.5) is 4.39 Å². The molecule has 6 nitrogen and oxygen atoms in total. The number of rotatable bonds is 2. The van der Waals surface area contributed by atoms with E-state index in [0.29, 0.717) is 13.2 Å². The zero-order chi connectivity index (χ0) is 16.6. The monoisotopic (exact) mass is 339 g/mol. The summed E-state index contributed by atoms with van der Waals surface area (Å²) in [6.07, 6.45) is 0.658. The van der Waals surface area contributed by atoms with Gasteiger partial charge in [-0.25, -0.2) is 12.8 Å². The van der Waals surface area contributed by atoms with Crippen LogP contribution in [0.3, 0.4) is 0 Å². The van der Waals surface area contributed by atoms with Crippen molar-refractivity contribution in [2.75, 3.05) is 33.3 Å². The summed E-state index contributed by atoms with van der Waals surface area (Å²) in [6.45, 7) is 2.06. The Labute approximate surface area is 135 Å². The second-order valence-corrected chi connectivity index (χ2v) is 7.79. The standard InChI is InChI=1S/C15H18FN3O3S/c1-18-5-4-15-14(10-18)19(6-7-22-15)23(20,21)12-2-3-13(16)11(8-12)9-17/h2-3,8,14-15H,4-7,10H2,1H3. The average Bonchev–Trinajstić information content (AvgIpc) is 2.54. The molecule has 2 heterocycles. The molecule has 0 bridgehead atoms. The number of fused-ring (bicyclic) bond motifs is 1. The van der Waals surface area contributed by atoms with E-state index in [2.05, 4.69) is 4.90 Å². The molecule has 2 aliphatic heterocycles. The first-order valence-corrected chi connectivity index (χ1v) is 8.89. The molecular weight excluding hydrogens is 321 g/mol. The number of ether oxygens (including phenoxy) is 1. The number of likely N-dealkylation sites (N-methyl/N-ethyl adjacent to an activating group) is 1. The first kappa shape index (κ1) is 16.3. The van der Waals surface area contributed by atoms with Crippen LogP contribution in [-0.2, 0) is 14.8 Å². The predicted octanol–water partition coefficient (Wildman–Crippen LogP) is 0.791. The lowest BCUT2D eigenvalue weighted by Gasteiger charge is -2.45. The summed E-state index contributed by atoms with van der Waals surface area (Å²) in [4.78, 5) is 2.02. The molecule has 0 saturated carbocycles. The van der Waals surface area contributed by atoms with Gasteiger partial charge in [0.15, 0.2) is 0 Å². The summed E-state index contributed by atoms with van der Waals surface area (Å²) >= 11 is 0. The van der Waals surface area contributed by atoms with Crippen molar-refractivity contribution < 1.29 is 17.5 Å². The highest BCUT2D eigenvalue weighted by atomic mass is 32.2. The summed E-state index contributed by atoms with van der Waals surface area (Å²) in [5.74, 6) is -0.719. The first-order chi connectivity index (χ1) is 10.9. The molecule has 1 aromatic rings. The molecular formula is C15H18FN3O3S. The minimum atomic E-state index is -3.80. The van der Waals surface area contributed by atoms with Crippen LogP contribution in [0.1, 0.15) is 12.0 Å². The molecule has 2 atom stereocenters. The molecule has 124 valence electrons. The number of piperidine rings is 1. The van der Waals surface area contributed by atoms with Gasteiger partial charge in [-0.2, -0.15) is 9.57 Å². The molecule has 0 amide bonds. The minimum Gasteiger partial charge on any atom is -0.375 e. The number of benzene rings is 1. The zero-order valence-electron chi connectivity index (χ0n) is 12.8. The largest absolute Gasteiger partial charge is 0.375 e. The molecule has 8 heteroatoms. The molecule has 0 N–H and O–H groups in total. The number of sulfonamides is 1. The highest BCUT2D eigenvalue weighted by Crippen LogP contribution is 2.28. The van der Waals surface area contributed by atoms with Gasteiger partial charge in [0, 0.05) is 19.6 Å². The van der Waals surface area contributed by atoms with Crippen LogP contribution in [0.2, 0.25) is 0 Å². The molecule has 0 spiro atoms. The molecule has 1 aromatic carbocycles. The van der Waals surface area contributed by atoms with Gasteiger partial charge in [-0.05, 0) is 31.7 Å². The van der Waals surface area contributed by atoms with Gasteiger partial charge in [0.05, 0.1) is 29.2 Å². The second-order valence-electron chi connectivity index (χ2n) is 5.90. The molecule has 0 aliphatic carbocycles. The number of morpholine rings is 1. The van der Waals surface area contributed by atoms with Gasteiger partial charge >= 0.3 is 0 Å². The number of hydrogen-bond acceptors (Lipinski definition) is 5. The molecule has 2 saturated heterocycles. The highest BCUT2D eigenvalue weighted by molar-refractivity contribution is 7.89. The Balaban J connectivity index is 1.96. The number of nitriles is 1. The number of likely N-dealkylation sites (tertiary alicyclic amines) is 1. The van der Waals surface area contributed by atoms with Crippen LogP contribution in [0.15, 0.2) is 23.1 Å². The van der Waals surface area contributed by atoms with Gasteiger partial charge in [0.1, 0.15) is 11.9 Å². The van der Waals surface area contributed by atoms with Crippen molar-refractivity contribution in [2.45, 2.75) is 23.5 Å². The van der Waals surface area contributed by atoms with Gasteiger partial charge in [0.25, 0.3) is 0 Å². The van der Waals surface area contributed by atoms with E-state index in [9.17, 15) is 12.8 Å². The molecule has 2 unspecified atom stereocenters. The minimum absolute atomic E-state index is 0.0515. The Morgan fingerprint density at radius 2 is 2.17 bits per heavy atom. The molecule has 2 fully saturated rings. The fraction of sp³-hybridized carbons (Fsp3) is 0.533. The molecule has 23 heavy (non-hydrogen) atoms. The highest BCUT2D eigenvalue weighted by Gasteiger charge is 2.42. The van der Waals surface area contributed by atoms with E-state index in [1.54, 1.807) is 6.07 Å². The SMILES string of the molecule is CN1CCC2OCCN(S(=O)(=O)c3ccc(F)c(C#N)c3)C2C1. The van der Waals surface area contributed by atoms with Crippen LogP contribution in [0, 0.1) is 17.1 Å². The Morgan fingerprint density at radius 3 is 2.91 bits per heavy atom. The third-order valence-electron chi connectivity index (χ3n) is 4.40. The van der Waals surface area contributed by atoms with Crippen molar-refractivity contribution in [3.63, 3.8) is 0 Å². The summed E-state index contributed by atoms with van der Waals surface area (Å²) in [5, 5.41) is 8.92. The van der Waals surface area contributed by atoms with E-state index in [4.69, 9.17) is 10.00 Å². The van der Waals surface area contributed by atoms with E-state index in [0.717, 1.165) is 25.1 Å². The second kappa shape index (κ2) is 6.17. The summed E-state index contributed by atoms with van der Waals surface area (Å²) < 4.78 is 46.5. The van der Waals surface area contributed by atoms with Crippen LogP contribution in [-0.4, -0.2) is 63.1 Å². The Hall–Kier alpha value is -1.53. The van der Waals surface area contributed by atoms with Gasteiger partial charge in [-0.1, -0.05) is 0 Å². The van der Waals surface area contributed by atoms with Crippen LogP contribution < -0.4 is 0 Å². The molecule has 0 radical (unpaired) electrons. The van der Waals surface area contributed by atoms with Crippen molar-refractivity contribution in [3.8, 4) is 6.07 Å². The average molecular weight is 339 g/mol. The van der Waals surface area contributed by atoms with E-state index in [-0.39, 0.29) is 29.1 Å². The maximum Gasteiger partial charge on any atom is 0.243 e. The Bertz CT molecular complexity index is 747. The van der Waals surface area contributed by atoms with E-state index in [1.807, 2.05) is 7.05 Å². The number of hydrogen-bond donors (Lipinski definition) is 0. The Morgan fingerprint density at radius 1 is 1.39 bits per heavy atom. The van der Waals surface area contributed by atoms with E-state index in [1.165, 1.54) is 10.4 Å². The van der Waals surface area contributed by atoms with Crippen molar-refractivity contribution >= 4 is 10.0 Å². The zero-order valence-corrected chi connectivity index (χ0v) is 13.6. The van der Waals surface area contributed by atoms with Crippen molar-refractivity contribution in [3.05, 3.63) is 29.6 Å². The van der Waals surface area contributed by atoms with E-state index >= 15 is 0 Å². The third-order valence-corrected chi connectivity index (χ3v) is 6.32. The van der Waals surface area contributed by atoms with Gasteiger partial charge in [0.2, 0.25) is 10.0 Å². The van der Waals surface area contributed by atoms with Crippen LogP contribution in [0.5, 0.6) is 0 Å². The fourth-order valence-electron chi connectivity index (χ4n) is 3.18.